The van der Waals surface area contributed by atoms with Gasteiger partial charge in [0.2, 0.25) is 0 Å². The van der Waals surface area contributed by atoms with Crippen LogP contribution < -0.4 is 4.90 Å². The molecule has 230 valence electrons. The summed E-state index contributed by atoms with van der Waals surface area (Å²) in [4.78, 5) is 2.18. The first-order chi connectivity index (χ1) is 27.2. The average Bonchev–Trinajstić information content (AvgIpc) is 3.75. The van der Waals surface area contributed by atoms with Crippen molar-refractivity contribution in [3.05, 3.63) is 210 Å². The van der Waals surface area contributed by atoms with Crippen LogP contribution in [0.4, 0.5) is 17.1 Å². The van der Waals surface area contributed by atoms with Gasteiger partial charge in [0.05, 0.1) is 15.0 Å². The maximum absolute atomic E-state index is 9.96. The molecule has 1 aliphatic rings. The average molecular weight is 633 g/mol. The molecule has 10 rings (SSSR count). The molecule has 0 fully saturated rings. The third kappa shape index (κ3) is 4.07. The molecular weight excluding hydrogens is 595 g/mol. The van der Waals surface area contributed by atoms with Gasteiger partial charge in [-0.25, -0.2) is 0 Å². The molecule has 8 aromatic carbocycles. The summed E-state index contributed by atoms with van der Waals surface area (Å²) in [5.74, 6) is 0. The minimum atomic E-state index is -1.42. The zero-order valence-electron chi connectivity index (χ0n) is 33.2. The van der Waals surface area contributed by atoms with E-state index in [4.69, 9.17) is 9.90 Å². The van der Waals surface area contributed by atoms with Gasteiger partial charge in [0.15, 0.2) is 0 Å². The quantitative estimate of drug-likeness (QED) is 0.188. The van der Waals surface area contributed by atoms with E-state index in [-0.39, 0.29) is 34.5 Å². The molecule has 1 aromatic heterocycles. The summed E-state index contributed by atoms with van der Waals surface area (Å²) in [5.41, 5.74) is 6.73. The molecule has 0 saturated carbocycles. The standard InChI is InChI=1S/C47H31NO/c1-3-16-35(17-4-1)48(36-18-5-2-6-19-36)37-28-29-43-41(31-37)38-20-9-11-23-42(38)47(43,34-27-26-32-14-7-8-15-33(32)30-34)44-24-13-22-40-39-21-10-12-25-45(39)49-46(40)44/h1-31H/i7D,8D,14D,15D,26D,27D,30D. The summed E-state index contributed by atoms with van der Waals surface area (Å²) in [7, 11) is 0. The Morgan fingerprint density at radius 2 is 1.14 bits per heavy atom. The summed E-state index contributed by atoms with van der Waals surface area (Å²) in [6.07, 6.45) is 0. The molecule has 0 amide bonds. The Morgan fingerprint density at radius 3 is 1.96 bits per heavy atom. The van der Waals surface area contributed by atoms with Crippen LogP contribution in [0.3, 0.4) is 0 Å². The summed E-state index contributed by atoms with van der Waals surface area (Å²) in [6.45, 7) is 0. The molecular formula is C47H31NO. The van der Waals surface area contributed by atoms with Crippen molar-refractivity contribution in [3.8, 4) is 11.1 Å². The highest BCUT2D eigenvalue weighted by Gasteiger charge is 2.48. The molecule has 0 saturated heterocycles. The number of furan rings is 1. The van der Waals surface area contributed by atoms with E-state index in [9.17, 15) is 4.11 Å². The summed E-state index contributed by atoms with van der Waals surface area (Å²) in [6, 6.07) is 45.3. The highest BCUT2D eigenvalue weighted by molar-refractivity contribution is 6.07. The van der Waals surface area contributed by atoms with E-state index in [1.165, 1.54) is 0 Å². The number of para-hydroxylation sites is 4. The Morgan fingerprint density at radius 1 is 0.490 bits per heavy atom. The highest BCUT2D eigenvalue weighted by Crippen LogP contribution is 2.59. The van der Waals surface area contributed by atoms with Crippen molar-refractivity contribution in [2.75, 3.05) is 4.90 Å². The van der Waals surface area contributed by atoms with Crippen LogP contribution in [0.25, 0.3) is 43.8 Å². The van der Waals surface area contributed by atoms with Crippen LogP contribution in [0.1, 0.15) is 31.8 Å². The zero-order valence-corrected chi connectivity index (χ0v) is 26.2. The number of hydrogen-bond donors (Lipinski definition) is 0. The minimum Gasteiger partial charge on any atom is -0.456 e. The molecule has 49 heavy (non-hydrogen) atoms. The maximum Gasteiger partial charge on any atom is 0.140 e. The van der Waals surface area contributed by atoms with Crippen LogP contribution in [-0.4, -0.2) is 0 Å². The molecule has 0 spiro atoms. The Balaban J connectivity index is 1.38. The van der Waals surface area contributed by atoms with Crippen molar-refractivity contribution in [1.29, 1.82) is 0 Å². The number of nitrogens with zero attached hydrogens (tertiary/aromatic N) is 1. The van der Waals surface area contributed by atoms with Gasteiger partial charge in [-0.15, -0.1) is 0 Å². The molecule has 0 aliphatic heterocycles. The van der Waals surface area contributed by atoms with Gasteiger partial charge in [0.25, 0.3) is 0 Å². The molecule has 1 heterocycles. The molecule has 1 unspecified atom stereocenters. The number of anilines is 3. The Hall–Kier alpha value is -6.38. The van der Waals surface area contributed by atoms with E-state index in [1.807, 2.05) is 115 Å². The van der Waals surface area contributed by atoms with Crippen LogP contribution in [-0.2, 0) is 5.41 Å². The van der Waals surface area contributed by atoms with Crippen molar-refractivity contribution in [3.63, 3.8) is 0 Å². The lowest BCUT2D eigenvalue weighted by atomic mass is 9.67. The van der Waals surface area contributed by atoms with Gasteiger partial charge >= 0.3 is 0 Å². The van der Waals surface area contributed by atoms with Crippen LogP contribution in [0.2, 0.25) is 0 Å². The summed E-state index contributed by atoms with van der Waals surface area (Å²) in [5, 5.41) is 1.53. The summed E-state index contributed by atoms with van der Waals surface area (Å²) >= 11 is 0. The second-order valence-corrected chi connectivity index (χ2v) is 12.3. The molecule has 2 nitrogen and oxygen atoms in total. The van der Waals surface area contributed by atoms with Crippen LogP contribution in [0, 0.1) is 0 Å². The van der Waals surface area contributed by atoms with Gasteiger partial charge in [-0.1, -0.05) is 139 Å². The topological polar surface area (TPSA) is 16.4 Å². The predicted molar refractivity (Wildman–Crippen MR) is 203 cm³/mol. The second kappa shape index (κ2) is 10.8. The van der Waals surface area contributed by atoms with E-state index in [1.54, 1.807) is 0 Å². The van der Waals surface area contributed by atoms with Gasteiger partial charge < -0.3 is 9.32 Å². The molecule has 0 radical (unpaired) electrons. The maximum atomic E-state index is 9.96. The van der Waals surface area contributed by atoms with Gasteiger partial charge in [0.1, 0.15) is 11.2 Å². The van der Waals surface area contributed by atoms with E-state index in [2.05, 4.69) is 35.2 Å². The van der Waals surface area contributed by atoms with Gasteiger partial charge in [-0.05, 0) is 87.1 Å². The van der Waals surface area contributed by atoms with Gasteiger partial charge in [0, 0.05) is 33.4 Å². The zero-order chi connectivity index (χ0) is 38.5. The van der Waals surface area contributed by atoms with Crippen molar-refractivity contribution < 1.29 is 14.0 Å². The molecule has 1 atom stereocenters. The lowest BCUT2D eigenvalue weighted by Gasteiger charge is -2.34. The lowest BCUT2D eigenvalue weighted by Crippen LogP contribution is -2.29. The number of fused-ring (bicyclic) bond motifs is 7. The van der Waals surface area contributed by atoms with Crippen LogP contribution >= 0.6 is 0 Å². The third-order valence-electron chi connectivity index (χ3n) is 9.75. The van der Waals surface area contributed by atoms with E-state index in [0.29, 0.717) is 16.7 Å². The van der Waals surface area contributed by atoms with Crippen LogP contribution in [0.15, 0.2) is 192 Å². The fraction of sp³-hybridized carbons (Fsp3) is 0.0213. The molecule has 0 bridgehead atoms. The fourth-order valence-corrected chi connectivity index (χ4v) is 7.72. The molecule has 0 N–H and O–H groups in total. The van der Waals surface area contributed by atoms with E-state index < -0.39 is 29.6 Å². The summed E-state index contributed by atoms with van der Waals surface area (Å²) < 4.78 is 70.6. The predicted octanol–water partition coefficient (Wildman–Crippen LogP) is 12.6. The monoisotopic (exact) mass is 632 g/mol. The van der Waals surface area contributed by atoms with Crippen molar-refractivity contribution in [1.82, 2.24) is 0 Å². The Kier molecular flexibility index (Phi) is 4.75. The van der Waals surface area contributed by atoms with Gasteiger partial charge in [-0.3, -0.25) is 0 Å². The number of rotatable bonds is 5. The first kappa shape index (κ1) is 21.5. The molecule has 2 heteroatoms. The first-order valence-electron chi connectivity index (χ1n) is 19.8. The van der Waals surface area contributed by atoms with Crippen molar-refractivity contribution in [2.24, 2.45) is 0 Å². The Bertz CT molecular complexity index is 3030. The minimum absolute atomic E-state index is 0.0926. The smallest absolute Gasteiger partial charge is 0.140 e. The largest absolute Gasteiger partial charge is 0.456 e. The number of hydrogen-bond acceptors (Lipinski definition) is 2. The third-order valence-corrected chi connectivity index (χ3v) is 9.75. The van der Waals surface area contributed by atoms with Crippen LogP contribution in [0.5, 0.6) is 0 Å². The molecule has 9 aromatic rings. The normalized spacial score (nSPS) is 17.0. The van der Waals surface area contributed by atoms with Crippen molar-refractivity contribution in [2.45, 2.75) is 5.41 Å². The second-order valence-electron chi connectivity index (χ2n) is 12.3. The fourth-order valence-electron chi connectivity index (χ4n) is 7.72. The first-order valence-corrected chi connectivity index (χ1v) is 16.3. The Labute approximate surface area is 295 Å². The lowest BCUT2D eigenvalue weighted by molar-refractivity contribution is 0.648. The van der Waals surface area contributed by atoms with E-state index in [0.717, 1.165) is 50.1 Å². The molecule has 1 aliphatic carbocycles. The van der Waals surface area contributed by atoms with Crippen molar-refractivity contribution >= 4 is 49.8 Å². The van der Waals surface area contributed by atoms with E-state index >= 15 is 0 Å². The SMILES string of the molecule is [2H]c1c([2H])c([2H])c2c([2H])c(C3(c4cccc5c4oc4ccccc45)c4ccccc4-c4cc(N(c5ccccc5)c5ccccc5)ccc43)c([2H])c([2H])c2c1[2H]. The van der Waals surface area contributed by atoms with Gasteiger partial charge in [-0.2, -0.15) is 0 Å². The number of benzene rings is 8. The highest BCUT2D eigenvalue weighted by atomic mass is 16.3.